The van der Waals surface area contributed by atoms with Crippen LogP contribution in [0.4, 0.5) is 0 Å². The number of ketones is 1. The van der Waals surface area contributed by atoms with Crippen LogP contribution in [-0.4, -0.2) is 251 Å². The molecule has 23 nitrogen and oxygen atoms in total. The number of hydrogen-bond acceptors (Lipinski definition) is 19. The van der Waals surface area contributed by atoms with Crippen LogP contribution in [0.3, 0.4) is 0 Å². The van der Waals surface area contributed by atoms with Crippen molar-refractivity contribution in [2.24, 2.45) is 17.8 Å². The van der Waals surface area contributed by atoms with E-state index in [4.69, 9.17) is 14.9 Å². The molecule has 5 aromatic carbocycles. The monoisotopic (exact) mass is 1860 g/mol. The van der Waals surface area contributed by atoms with Crippen LogP contribution < -0.4 is 0 Å². The van der Waals surface area contributed by atoms with Crippen molar-refractivity contribution in [1.82, 2.24) is 74.0 Å². The second-order valence-corrected chi connectivity index (χ2v) is 43.4. The van der Waals surface area contributed by atoms with Gasteiger partial charge in [-0.25, -0.2) is 14.4 Å². The van der Waals surface area contributed by atoms with E-state index in [0.29, 0.717) is 64.7 Å². The molecule has 4 bridgehead atoms. The van der Waals surface area contributed by atoms with Gasteiger partial charge in [-0.05, 0) is 370 Å². The average molecular weight is 1860 g/mol. The molecule has 0 amide bonds. The first kappa shape index (κ1) is 107. The lowest BCUT2D eigenvalue weighted by molar-refractivity contribution is 0.0371. The number of hydrogen-bond donors (Lipinski definition) is 4. The number of aromatic hydroxyl groups is 1. The summed E-state index contributed by atoms with van der Waals surface area (Å²) >= 11 is 0. The number of carboxylic acids is 2. The number of likely N-dealkylation sites (tertiary alicyclic amines) is 2. The van der Waals surface area contributed by atoms with E-state index in [1.54, 1.807) is 31.2 Å². The second kappa shape index (κ2) is 51.2. The van der Waals surface area contributed by atoms with Gasteiger partial charge in [0.2, 0.25) is 0 Å². The van der Waals surface area contributed by atoms with Crippen molar-refractivity contribution in [1.29, 1.82) is 0 Å². The van der Waals surface area contributed by atoms with Gasteiger partial charge >= 0.3 is 17.9 Å². The van der Waals surface area contributed by atoms with Gasteiger partial charge in [0.1, 0.15) is 17.9 Å². The molecular weight excluding hydrogens is 1680 g/mol. The number of esters is 1. The molecule has 23 heteroatoms. The van der Waals surface area contributed by atoms with E-state index in [2.05, 4.69) is 225 Å². The Morgan fingerprint density at radius 2 is 0.793 bits per heavy atom. The van der Waals surface area contributed by atoms with Crippen LogP contribution in [0.5, 0.6) is 5.75 Å². The van der Waals surface area contributed by atoms with Crippen molar-refractivity contribution < 1.29 is 39.2 Å². The molecule has 4 atom stereocenters. The first-order valence-electron chi connectivity index (χ1n) is 52.1. The van der Waals surface area contributed by atoms with Crippen LogP contribution in [0.2, 0.25) is 0 Å². The smallest absolute Gasteiger partial charge is 0.337 e. The summed E-state index contributed by atoms with van der Waals surface area (Å²) in [5, 5.41) is 42.2. The number of aromatic carboxylic acids is 2. The predicted molar refractivity (Wildman–Crippen MR) is 546 cm³/mol. The number of methoxy groups -OCH3 is 1. The van der Waals surface area contributed by atoms with Gasteiger partial charge in [-0.3, -0.25) is 54.0 Å². The van der Waals surface area contributed by atoms with Gasteiger partial charge in [0.25, 0.3) is 0 Å². The number of ether oxygens (including phenoxy) is 1. The standard InChI is InChI=1S/C14H19NO.2C13H17NO2.C12H15NO2.C12H17NO.C12H23N.C10H19N.C9H15N3.C9H17N.C8H14N4/c1-10(2)15-7-6-12-4-5-13(11(3)16)8-14(12)9-15;1-9(2)14-7-11-5-4-10(13(15)16-3)6-12(11)8-14;1-9(2)14-6-5-10-3-4-11(13(15)16)7-12(10)8-14;1-8(2)13-6-10-4-3-9(12(14)15)5-11(10)7-13;1-9(2)13-6-5-10-7-12(14)4-3-11(10)8-13;1-10(2)13-9-5-7-11-6-3-4-8-12(11)13;1-8(2)11-6-9-3-4-10(5-9)7-11;1-7(2)12-4-3-9-8(6-12)5-10-11-9;1-7(2)10-8-3-4-9(10)6-5-8;1-7(2)11-3-4-12-6-9-10-8(12)5-11/h4-5,8,10H,6-7,9H2,1-3H3;4-6,9H,7-8H2,1-3H3;3-4,7,9H,5-6,8H2,1-2H3,(H,15,16);3-5,8H,6-7H2,1-2H3,(H,14,15);3-4,7,9,14H,5-6,8H2,1-2H3;10-12H,3-9H2,1-2H3;8-10H,3-7H2,1-2H3;5,7H,3-4,6H2,1-2H3,(H,10,11);7-9H,3-6H2,1-2H3;6-7H,3-5H2,1-2H3/t;;;;;;9-,10+;;;. The third-order valence-corrected chi connectivity index (χ3v) is 31.0. The van der Waals surface area contributed by atoms with E-state index in [0.717, 1.165) is 195 Å². The number of H-pyrrole nitrogens is 1. The van der Waals surface area contributed by atoms with Crippen molar-refractivity contribution in [2.45, 2.75) is 399 Å². The zero-order valence-corrected chi connectivity index (χ0v) is 86.9. The summed E-state index contributed by atoms with van der Waals surface area (Å²) in [5.41, 5.74) is 17.8. The summed E-state index contributed by atoms with van der Waals surface area (Å²) in [6.07, 6.45) is 27.4. The Kier molecular flexibility index (Phi) is 40.7. The number of fused-ring (bicyclic) bond motifs is 12. The van der Waals surface area contributed by atoms with Crippen LogP contribution in [-0.2, 0) is 95.9 Å². The van der Waals surface area contributed by atoms with Gasteiger partial charge in [0.15, 0.2) is 5.78 Å². The number of benzene rings is 5. The number of nitrogens with zero attached hydrogens (tertiary/aromatic N) is 14. The molecule has 4 N–H and O–H groups in total. The third kappa shape index (κ3) is 30.5. The van der Waals surface area contributed by atoms with Crippen molar-refractivity contribution in [3.05, 3.63) is 198 Å². The highest BCUT2D eigenvalue weighted by Crippen LogP contribution is 2.41. The molecular formula is C112H173N15O8. The van der Waals surface area contributed by atoms with Crippen LogP contribution in [0, 0.1) is 17.8 Å². The molecule has 7 aromatic rings. The van der Waals surface area contributed by atoms with Gasteiger partial charge in [-0.2, -0.15) is 5.10 Å². The summed E-state index contributed by atoms with van der Waals surface area (Å²) in [5.74, 6) is 2.84. The van der Waals surface area contributed by atoms with Crippen LogP contribution in [0.15, 0.2) is 104 Å². The summed E-state index contributed by atoms with van der Waals surface area (Å²) in [4.78, 5) is 69.4. The molecule has 2 unspecified atom stereocenters. The molecule has 20 rings (SSSR count). The molecule has 135 heavy (non-hydrogen) atoms. The van der Waals surface area contributed by atoms with Gasteiger partial charge in [-0.15, -0.1) is 10.2 Å². The Bertz CT molecular complexity index is 4720. The number of carbonyl (C=O) groups excluding carboxylic acids is 2. The van der Waals surface area contributed by atoms with Gasteiger partial charge < -0.3 is 29.5 Å². The van der Waals surface area contributed by atoms with Crippen molar-refractivity contribution in [2.75, 3.05) is 59.5 Å². The molecule has 13 heterocycles. The summed E-state index contributed by atoms with van der Waals surface area (Å²) in [7, 11) is 1.41. The molecule has 0 radical (unpaired) electrons. The third-order valence-electron chi connectivity index (χ3n) is 31.0. The second-order valence-electron chi connectivity index (χ2n) is 43.4. The molecule has 2 saturated carbocycles. The fraction of sp³-hybridized carbons (Fsp3) is 0.652. The minimum atomic E-state index is -0.846. The van der Waals surface area contributed by atoms with E-state index in [1.165, 1.54) is 172 Å². The fourth-order valence-corrected chi connectivity index (χ4v) is 22.3. The summed E-state index contributed by atoms with van der Waals surface area (Å²) < 4.78 is 6.84. The zero-order chi connectivity index (χ0) is 97.6. The van der Waals surface area contributed by atoms with Crippen molar-refractivity contribution in [3.8, 4) is 5.75 Å². The molecule has 2 aliphatic carbocycles. The average Bonchev–Trinajstić information content (AvgIpc) is 1.40. The lowest BCUT2D eigenvalue weighted by Gasteiger charge is -2.46. The number of phenols is 1. The largest absolute Gasteiger partial charge is 0.508 e. The number of nitrogens with one attached hydrogen (secondary N) is 1. The normalized spacial score (nSPS) is 22.0. The highest BCUT2D eigenvalue weighted by molar-refractivity contribution is 5.94. The number of carboxylic acid groups (broad SMARTS) is 2. The Morgan fingerprint density at radius 1 is 0.385 bits per heavy atom. The molecule has 11 aliphatic heterocycles. The Labute approximate surface area is 812 Å². The van der Waals surface area contributed by atoms with E-state index in [1.807, 2.05) is 67.1 Å². The first-order valence-corrected chi connectivity index (χ1v) is 52.1. The van der Waals surface area contributed by atoms with Crippen molar-refractivity contribution in [3.63, 3.8) is 0 Å². The number of phenolic OH excluding ortho intramolecular Hbond substituents is 1. The van der Waals surface area contributed by atoms with Gasteiger partial charge in [0.05, 0.1) is 36.5 Å². The topological polar surface area (TPSA) is 230 Å². The van der Waals surface area contributed by atoms with Gasteiger partial charge in [0, 0.05) is 207 Å². The predicted octanol–water partition coefficient (Wildman–Crippen LogP) is 20.1. The zero-order valence-electron chi connectivity index (χ0n) is 86.9. The SMILES string of the molecule is CC(=O)c1ccc2c(c1)CN(C(C)C)CC2.CC(C)N1C2CCC1CC2.CC(C)N1CCCC2CCCCC21.CC(C)N1CCc2[nH]ncc2C1.CC(C)N1CCc2cc(O)ccc2C1.CC(C)N1CCc2ccc(C(=O)O)cc2C1.CC(C)N1CCn2cnnc2C1.CC(C)N1C[C@@H]2CC[C@@H](C2)C1.CC(C)N1Cc2ccc(C(=O)O)cc2C1.COC(=O)c1ccc2c(c1)CN(C(C)C)C2. The Balaban J connectivity index is 0.000000145. The van der Waals surface area contributed by atoms with Crippen LogP contribution in [0.1, 0.15) is 343 Å². The molecule has 0 spiro atoms. The first-order chi connectivity index (χ1) is 64.4. The maximum absolute atomic E-state index is 11.4. The maximum atomic E-state index is 11.4. The number of aromatic nitrogens is 5. The number of Topliss-reactive ketones (excluding diaryl/α,β-unsaturated/α-hetero) is 1. The Morgan fingerprint density at radius 3 is 1.27 bits per heavy atom. The van der Waals surface area contributed by atoms with Crippen LogP contribution in [0.25, 0.3) is 0 Å². The molecule has 13 aliphatic rings. The summed E-state index contributed by atoms with van der Waals surface area (Å²) in [6, 6.07) is 37.7. The maximum Gasteiger partial charge on any atom is 0.337 e. The molecule has 744 valence electrons. The highest BCUT2D eigenvalue weighted by Gasteiger charge is 2.41. The molecule has 4 saturated heterocycles. The van der Waals surface area contributed by atoms with E-state index in [-0.39, 0.29) is 11.8 Å². The van der Waals surface area contributed by atoms with E-state index < -0.39 is 11.9 Å². The minimum Gasteiger partial charge on any atom is -0.508 e. The number of carbonyl (C=O) groups is 4. The summed E-state index contributed by atoms with van der Waals surface area (Å²) in [6.45, 7) is 65.8. The Hall–Kier alpha value is -8.07. The molecule has 6 fully saturated rings. The quantitative estimate of drug-likeness (QED) is 0.0586. The number of aromatic amines is 1. The van der Waals surface area contributed by atoms with E-state index in [9.17, 15) is 24.3 Å². The minimum absolute atomic E-state index is 0.157. The lowest BCUT2D eigenvalue weighted by Crippen LogP contribution is -2.49. The number of piperidine rings is 2. The highest BCUT2D eigenvalue weighted by atomic mass is 16.5. The fourth-order valence-electron chi connectivity index (χ4n) is 22.3. The number of rotatable bonds is 14. The van der Waals surface area contributed by atoms with Crippen LogP contribution >= 0.6 is 0 Å². The van der Waals surface area contributed by atoms with Crippen molar-refractivity contribution >= 4 is 23.7 Å². The van der Waals surface area contributed by atoms with E-state index >= 15 is 0 Å². The molecule has 2 aromatic heterocycles. The van der Waals surface area contributed by atoms with Gasteiger partial charge in [-0.1, -0.05) is 49.2 Å². The lowest BCUT2D eigenvalue weighted by atomic mass is 9.78.